The minimum atomic E-state index is -0.0958. The first-order valence-electron chi connectivity index (χ1n) is 6.38. The Morgan fingerprint density at radius 2 is 1.94 bits per heavy atom. The highest BCUT2D eigenvalue weighted by molar-refractivity contribution is 5.77. The van der Waals surface area contributed by atoms with Gasteiger partial charge in [0.25, 0.3) is 0 Å². The third-order valence-corrected chi connectivity index (χ3v) is 3.82. The number of carbonyl (C=O) groups is 1. The predicted molar refractivity (Wildman–Crippen MR) is 62.0 cm³/mol. The van der Waals surface area contributed by atoms with Crippen LogP contribution in [0.1, 0.15) is 45.4 Å². The Hall–Kier alpha value is -0.610. The molecule has 1 amide bonds. The zero-order valence-corrected chi connectivity index (χ0v) is 9.91. The van der Waals surface area contributed by atoms with Gasteiger partial charge in [-0.25, -0.2) is 0 Å². The number of amides is 1. The number of nitrogens with one attached hydrogen (secondary N) is 2. The fraction of sp³-hybridized carbons (Fsp3) is 0.917. The molecule has 2 unspecified atom stereocenters. The SMILES string of the molecule is CC1NC(=O)CCC1NC1CCC(O)CC1. The molecule has 2 rings (SSSR count). The van der Waals surface area contributed by atoms with Gasteiger partial charge in [-0.2, -0.15) is 0 Å². The average Bonchev–Trinajstić information content (AvgIpc) is 2.25. The van der Waals surface area contributed by atoms with Crippen molar-refractivity contribution in [3.63, 3.8) is 0 Å². The molecule has 92 valence electrons. The van der Waals surface area contributed by atoms with Gasteiger partial charge in [0.2, 0.25) is 5.91 Å². The van der Waals surface area contributed by atoms with Crippen molar-refractivity contribution in [3.05, 3.63) is 0 Å². The van der Waals surface area contributed by atoms with E-state index < -0.39 is 0 Å². The Balaban J connectivity index is 1.78. The molecule has 1 aliphatic heterocycles. The molecule has 2 fully saturated rings. The largest absolute Gasteiger partial charge is 0.393 e. The highest BCUT2D eigenvalue weighted by Crippen LogP contribution is 2.20. The van der Waals surface area contributed by atoms with E-state index in [1.807, 2.05) is 0 Å². The van der Waals surface area contributed by atoms with E-state index in [4.69, 9.17) is 0 Å². The summed E-state index contributed by atoms with van der Waals surface area (Å²) < 4.78 is 0. The van der Waals surface area contributed by atoms with Crippen LogP contribution in [0.2, 0.25) is 0 Å². The number of carbonyl (C=O) groups excluding carboxylic acids is 1. The van der Waals surface area contributed by atoms with Gasteiger partial charge in [0.1, 0.15) is 0 Å². The lowest BCUT2D eigenvalue weighted by Crippen LogP contribution is -2.55. The van der Waals surface area contributed by atoms with Gasteiger partial charge in [0.15, 0.2) is 0 Å². The summed E-state index contributed by atoms with van der Waals surface area (Å²) >= 11 is 0. The fourth-order valence-corrected chi connectivity index (χ4v) is 2.74. The standard InChI is InChI=1S/C12H22N2O2/c1-8-11(6-7-12(16)13-8)14-9-2-4-10(15)5-3-9/h8-11,14-15H,2-7H2,1H3,(H,13,16). The van der Waals surface area contributed by atoms with E-state index in [2.05, 4.69) is 17.6 Å². The lowest BCUT2D eigenvalue weighted by atomic mass is 9.90. The molecule has 0 radical (unpaired) electrons. The van der Waals surface area contributed by atoms with Crippen molar-refractivity contribution >= 4 is 5.91 Å². The van der Waals surface area contributed by atoms with Gasteiger partial charge < -0.3 is 15.7 Å². The van der Waals surface area contributed by atoms with Gasteiger partial charge in [-0.15, -0.1) is 0 Å². The molecule has 3 N–H and O–H groups in total. The van der Waals surface area contributed by atoms with Crippen molar-refractivity contribution < 1.29 is 9.90 Å². The van der Waals surface area contributed by atoms with Gasteiger partial charge in [-0.1, -0.05) is 0 Å². The van der Waals surface area contributed by atoms with E-state index in [0.29, 0.717) is 18.5 Å². The molecule has 1 aliphatic carbocycles. The Morgan fingerprint density at radius 1 is 1.25 bits per heavy atom. The maximum atomic E-state index is 11.2. The van der Waals surface area contributed by atoms with Crippen molar-refractivity contribution in [3.8, 4) is 0 Å². The lowest BCUT2D eigenvalue weighted by Gasteiger charge is -2.35. The van der Waals surface area contributed by atoms with Crippen molar-refractivity contribution in [2.75, 3.05) is 0 Å². The summed E-state index contributed by atoms with van der Waals surface area (Å²) in [5.74, 6) is 0.171. The fourth-order valence-electron chi connectivity index (χ4n) is 2.74. The maximum Gasteiger partial charge on any atom is 0.220 e. The average molecular weight is 226 g/mol. The zero-order chi connectivity index (χ0) is 11.5. The Bertz CT molecular complexity index is 249. The summed E-state index contributed by atoms with van der Waals surface area (Å²) in [6.07, 6.45) is 5.40. The first kappa shape index (κ1) is 11.9. The van der Waals surface area contributed by atoms with Gasteiger partial charge in [0.05, 0.1) is 6.10 Å². The summed E-state index contributed by atoms with van der Waals surface area (Å²) in [4.78, 5) is 11.2. The maximum absolute atomic E-state index is 11.2. The summed E-state index contributed by atoms with van der Waals surface area (Å²) in [6.45, 7) is 2.06. The van der Waals surface area contributed by atoms with Gasteiger partial charge in [0, 0.05) is 24.5 Å². The van der Waals surface area contributed by atoms with Crippen molar-refractivity contribution in [1.29, 1.82) is 0 Å². The van der Waals surface area contributed by atoms with Crippen LogP contribution in [0.5, 0.6) is 0 Å². The molecule has 0 bridgehead atoms. The van der Waals surface area contributed by atoms with Crippen LogP contribution >= 0.6 is 0 Å². The molecule has 0 spiro atoms. The Labute approximate surface area is 96.8 Å². The number of hydrogen-bond donors (Lipinski definition) is 3. The van der Waals surface area contributed by atoms with Crippen LogP contribution in [0.4, 0.5) is 0 Å². The molecular formula is C12H22N2O2. The molecule has 0 aromatic carbocycles. The molecule has 2 aliphatic rings. The smallest absolute Gasteiger partial charge is 0.220 e. The molecular weight excluding hydrogens is 204 g/mol. The monoisotopic (exact) mass is 226 g/mol. The minimum absolute atomic E-state index is 0.0958. The van der Waals surface area contributed by atoms with E-state index in [9.17, 15) is 9.90 Å². The molecule has 1 heterocycles. The Morgan fingerprint density at radius 3 is 2.56 bits per heavy atom. The number of aliphatic hydroxyl groups is 1. The van der Waals surface area contributed by atoms with Crippen LogP contribution < -0.4 is 10.6 Å². The quantitative estimate of drug-likeness (QED) is 0.644. The molecule has 4 heteroatoms. The number of hydrogen-bond acceptors (Lipinski definition) is 3. The second kappa shape index (κ2) is 5.15. The highest BCUT2D eigenvalue weighted by Gasteiger charge is 2.28. The van der Waals surface area contributed by atoms with Crippen LogP contribution in [0.15, 0.2) is 0 Å². The highest BCUT2D eigenvalue weighted by atomic mass is 16.3. The molecule has 0 aromatic rings. The molecule has 1 saturated heterocycles. The van der Waals surface area contributed by atoms with Gasteiger partial charge in [-0.05, 0) is 39.0 Å². The minimum Gasteiger partial charge on any atom is -0.393 e. The van der Waals surface area contributed by atoms with E-state index >= 15 is 0 Å². The number of rotatable bonds is 2. The summed E-state index contributed by atoms with van der Waals surface area (Å²) in [7, 11) is 0. The third-order valence-electron chi connectivity index (χ3n) is 3.82. The van der Waals surface area contributed by atoms with Crippen molar-refractivity contribution in [1.82, 2.24) is 10.6 Å². The summed E-state index contributed by atoms with van der Waals surface area (Å²) in [6, 6.07) is 1.15. The van der Waals surface area contributed by atoms with E-state index in [1.54, 1.807) is 0 Å². The second-order valence-electron chi connectivity index (χ2n) is 5.17. The zero-order valence-electron chi connectivity index (χ0n) is 9.91. The van der Waals surface area contributed by atoms with Crippen LogP contribution in [-0.2, 0) is 4.79 Å². The Kier molecular flexibility index (Phi) is 3.82. The summed E-state index contributed by atoms with van der Waals surface area (Å²) in [5, 5.41) is 16.0. The van der Waals surface area contributed by atoms with Crippen molar-refractivity contribution in [2.45, 2.75) is 69.7 Å². The lowest BCUT2D eigenvalue weighted by molar-refractivity contribution is -0.123. The van der Waals surface area contributed by atoms with E-state index in [-0.39, 0.29) is 18.1 Å². The molecule has 2 atom stereocenters. The first-order valence-corrected chi connectivity index (χ1v) is 6.38. The normalized spacial score (nSPS) is 40.5. The van der Waals surface area contributed by atoms with Gasteiger partial charge in [-0.3, -0.25) is 4.79 Å². The van der Waals surface area contributed by atoms with Crippen LogP contribution in [-0.4, -0.2) is 35.2 Å². The topological polar surface area (TPSA) is 61.4 Å². The number of aliphatic hydroxyl groups excluding tert-OH is 1. The second-order valence-corrected chi connectivity index (χ2v) is 5.17. The van der Waals surface area contributed by atoms with Crippen LogP contribution in [0, 0.1) is 0 Å². The molecule has 1 saturated carbocycles. The van der Waals surface area contributed by atoms with Gasteiger partial charge >= 0.3 is 0 Å². The molecule has 0 aromatic heterocycles. The summed E-state index contributed by atoms with van der Waals surface area (Å²) in [5.41, 5.74) is 0. The van der Waals surface area contributed by atoms with Crippen LogP contribution in [0.25, 0.3) is 0 Å². The number of piperidine rings is 1. The molecule has 4 nitrogen and oxygen atoms in total. The van der Waals surface area contributed by atoms with Crippen molar-refractivity contribution in [2.24, 2.45) is 0 Å². The molecule has 16 heavy (non-hydrogen) atoms. The first-order chi connectivity index (χ1) is 7.65. The van der Waals surface area contributed by atoms with Crippen LogP contribution in [0.3, 0.4) is 0 Å². The van der Waals surface area contributed by atoms with E-state index in [1.165, 1.54) is 0 Å². The van der Waals surface area contributed by atoms with E-state index in [0.717, 1.165) is 32.1 Å². The third kappa shape index (κ3) is 2.95. The predicted octanol–water partition coefficient (Wildman–Crippen LogP) is 0.547.